The second-order valence-corrected chi connectivity index (χ2v) is 7.50. The SMILES string of the molecule is Cc1cc(NC(=O)COC(=O)[C@@H]2[C@H]3C[C@H]4[C@H](OC(=O)[C@@H]42)[C@@H]3Br)no1. The number of nitrogens with one attached hydrogen (secondary N) is 1. The van der Waals surface area contributed by atoms with E-state index in [1.54, 1.807) is 13.0 Å². The van der Waals surface area contributed by atoms with Crippen LogP contribution in [0.15, 0.2) is 10.6 Å². The van der Waals surface area contributed by atoms with Crippen molar-refractivity contribution >= 4 is 39.6 Å². The highest BCUT2D eigenvalue weighted by Crippen LogP contribution is 2.60. The van der Waals surface area contributed by atoms with Crippen molar-refractivity contribution < 1.29 is 28.4 Å². The van der Waals surface area contributed by atoms with Gasteiger partial charge in [0.15, 0.2) is 12.4 Å². The molecule has 3 aliphatic rings. The summed E-state index contributed by atoms with van der Waals surface area (Å²) in [5.41, 5.74) is 0. The molecule has 8 nitrogen and oxygen atoms in total. The van der Waals surface area contributed by atoms with Crippen LogP contribution in [0.5, 0.6) is 0 Å². The van der Waals surface area contributed by atoms with Gasteiger partial charge < -0.3 is 19.3 Å². The molecule has 1 aliphatic heterocycles. The Kier molecular flexibility index (Phi) is 3.63. The van der Waals surface area contributed by atoms with Gasteiger partial charge in [0.25, 0.3) is 5.91 Å². The van der Waals surface area contributed by atoms with Crippen LogP contribution in [-0.2, 0) is 23.9 Å². The highest BCUT2D eigenvalue weighted by molar-refractivity contribution is 9.09. The van der Waals surface area contributed by atoms with E-state index in [0.717, 1.165) is 6.42 Å². The number of esters is 2. The Morgan fingerprint density at radius 1 is 1.46 bits per heavy atom. The summed E-state index contributed by atoms with van der Waals surface area (Å²) in [5.74, 6) is -1.48. The first kappa shape index (κ1) is 15.6. The van der Waals surface area contributed by atoms with Crippen molar-refractivity contribution in [3.63, 3.8) is 0 Å². The molecule has 1 amide bonds. The summed E-state index contributed by atoms with van der Waals surface area (Å²) < 4.78 is 15.3. The fourth-order valence-corrected chi connectivity index (χ4v) is 5.18. The van der Waals surface area contributed by atoms with Crippen molar-refractivity contribution in [3.05, 3.63) is 11.8 Å². The highest BCUT2D eigenvalue weighted by Gasteiger charge is 2.68. The smallest absolute Gasteiger partial charge is 0.310 e. The van der Waals surface area contributed by atoms with Crippen molar-refractivity contribution in [1.29, 1.82) is 0 Å². The van der Waals surface area contributed by atoms with Gasteiger partial charge in [0.1, 0.15) is 11.9 Å². The second kappa shape index (κ2) is 5.58. The number of carbonyl (C=O) groups is 3. The lowest BCUT2D eigenvalue weighted by molar-refractivity contribution is -0.157. The van der Waals surface area contributed by atoms with Crippen LogP contribution in [0, 0.1) is 30.6 Å². The molecule has 1 N–H and O–H groups in total. The van der Waals surface area contributed by atoms with E-state index in [-0.39, 0.29) is 34.6 Å². The van der Waals surface area contributed by atoms with E-state index in [4.69, 9.17) is 14.0 Å². The first-order valence-corrected chi connectivity index (χ1v) is 8.61. The molecule has 9 heteroatoms. The van der Waals surface area contributed by atoms with Gasteiger partial charge in [-0.1, -0.05) is 21.1 Å². The van der Waals surface area contributed by atoms with Crippen LogP contribution in [0.1, 0.15) is 12.2 Å². The number of hydrogen-bond donors (Lipinski definition) is 1. The van der Waals surface area contributed by atoms with Crippen molar-refractivity contribution in [2.45, 2.75) is 24.3 Å². The number of aryl methyl sites for hydroxylation is 1. The fourth-order valence-electron chi connectivity index (χ4n) is 4.13. The second-order valence-electron chi connectivity index (χ2n) is 6.44. The van der Waals surface area contributed by atoms with Gasteiger partial charge >= 0.3 is 11.9 Å². The number of fused-ring (bicyclic) bond motifs is 1. The van der Waals surface area contributed by atoms with Crippen molar-refractivity contribution in [2.75, 3.05) is 11.9 Å². The summed E-state index contributed by atoms with van der Waals surface area (Å²) >= 11 is 3.53. The molecule has 2 aliphatic carbocycles. The van der Waals surface area contributed by atoms with Gasteiger partial charge in [-0.25, -0.2) is 0 Å². The number of carbonyl (C=O) groups excluding carboxylic acids is 3. The predicted octanol–water partition coefficient (Wildman–Crippen LogP) is 1.04. The van der Waals surface area contributed by atoms with Crippen molar-refractivity contribution in [2.24, 2.45) is 23.7 Å². The molecule has 4 rings (SSSR count). The third-order valence-corrected chi connectivity index (χ3v) is 6.24. The Hall–Kier alpha value is -1.90. The van der Waals surface area contributed by atoms with E-state index in [2.05, 4.69) is 26.4 Å². The van der Waals surface area contributed by atoms with Crippen LogP contribution >= 0.6 is 15.9 Å². The molecule has 0 aromatic carbocycles. The van der Waals surface area contributed by atoms with Crippen molar-refractivity contribution in [1.82, 2.24) is 5.16 Å². The molecule has 2 bridgehead atoms. The highest BCUT2D eigenvalue weighted by atomic mass is 79.9. The summed E-state index contributed by atoms with van der Waals surface area (Å²) in [6, 6.07) is 1.56. The Morgan fingerprint density at radius 3 is 2.96 bits per heavy atom. The molecule has 1 saturated heterocycles. The van der Waals surface area contributed by atoms with Gasteiger partial charge in [0.2, 0.25) is 0 Å². The molecule has 24 heavy (non-hydrogen) atoms. The lowest BCUT2D eigenvalue weighted by Gasteiger charge is -2.26. The largest absolute Gasteiger partial charge is 0.461 e. The molecule has 2 saturated carbocycles. The van der Waals surface area contributed by atoms with Crippen LogP contribution in [0.25, 0.3) is 0 Å². The van der Waals surface area contributed by atoms with Gasteiger partial charge in [-0.3, -0.25) is 14.4 Å². The maximum Gasteiger partial charge on any atom is 0.310 e. The average Bonchev–Trinajstić information content (AvgIpc) is 3.24. The minimum absolute atomic E-state index is 0.00482. The number of halogens is 1. The molecule has 1 aromatic heterocycles. The molecule has 1 aromatic rings. The van der Waals surface area contributed by atoms with Gasteiger partial charge in [-0.15, -0.1) is 0 Å². The zero-order chi connectivity index (χ0) is 17.0. The van der Waals surface area contributed by atoms with Crippen molar-refractivity contribution in [3.8, 4) is 0 Å². The fraction of sp³-hybridized carbons (Fsp3) is 0.600. The lowest BCUT2D eigenvalue weighted by atomic mass is 9.80. The average molecular weight is 399 g/mol. The van der Waals surface area contributed by atoms with E-state index in [1.807, 2.05) is 0 Å². The van der Waals surface area contributed by atoms with E-state index >= 15 is 0 Å². The molecular weight excluding hydrogens is 384 g/mol. The molecule has 0 spiro atoms. The summed E-state index contributed by atoms with van der Waals surface area (Å²) in [7, 11) is 0. The number of hydrogen-bond acceptors (Lipinski definition) is 7. The Morgan fingerprint density at radius 2 is 2.25 bits per heavy atom. The van der Waals surface area contributed by atoms with E-state index < -0.39 is 30.3 Å². The summed E-state index contributed by atoms with van der Waals surface area (Å²) in [6.07, 6.45) is 0.622. The molecule has 3 fully saturated rings. The van der Waals surface area contributed by atoms with Gasteiger partial charge in [0, 0.05) is 12.0 Å². The Labute approximate surface area is 145 Å². The Bertz CT molecular complexity index is 719. The standard InChI is InChI=1S/C15H15BrN2O6/c1-5-2-8(18-24-5)17-9(19)4-22-14(20)10-6-3-7-11(10)15(21)23-13(7)12(6)16/h2,6-7,10-13H,3-4H2,1H3,(H,17,18,19)/t6-,7-,10-,11+,12-,13+/m1/s1. The third-order valence-electron chi connectivity index (χ3n) is 5.04. The number of nitrogens with zero attached hydrogens (tertiary/aromatic N) is 1. The topological polar surface area (TPSA) is 108 Å². The first-order chi connectivity index (χ1) is 11.5. The molecule has 6 atom stereocenters. The molecule has 2 heterocycles. The number of amides is 1. The van der Waals surface area contributed by atoms with Crippen LogP contribution in [0.2, 0.25) is 0 Å². The van der Waals surface area contributed by atoms with E-state index in [9.17, 15) is 14.4 Å². The quantitative estimate of drug-likeness (QED) is 0.595. The zero-order valence-corrected chi connectivity index (χ0v) is 14.3. The molecule has 0 unspecified atom stereocenters. The summed E-state index contributed by atoms with van der Waals surface area (Å²) in [4.78, 5) is 36.2. The Balaban J connectivity index is 1.37. The maximum absolute atomic E-state index is 12.4. The summed E-state index contributed by atoms with van der Waals surface area (Å²) in [5, 5.41) is 6.10. The van der Waals surface area contributed by atoms with Crippen LogP contribution < -0.4 is 5.32 Å². The van der Waals surface area contributed by atoms with Gasteiger partial charge in [0.05, 0.1) is 16.7 Å². The molecule has 128 valence electrons. The van der Waals surface area contributed by atoms with Gasteiger partial charge in [-0.05, 0) is 19.3 Å². The number of anilines is 1. The number of ether oxygens (including phenoxy) is 2. The van der Waals surface area contributed by atoms with E-state index in [0.29, 0.717) is 5.76 Å². The third kappa shape index (κ3) is 2.33. The number of rotatable bonds is 4. The first-order valence-electron chi connectivity index (χ1n) is 7.70. The zero-order valence-electron chi connectivity index (χ0n) is 12.7. The summed E-state index contributed by atoms with van der Waals surface area (Å²) in [6.45, 7) is 1.26. The molecule has 0 radical (unpaired) electrons. The van der Waals surface area contributed by atoms with Gasteiger partial charge in [-0.2, -0.15) is 0 Å². The maximum atomic E-state index is 12.4. The lowest BCUT2D eigenvalue weighted by Crippen LogP contribution is -2.39. The molecular formula is C15H15BrN2O6. The monoisotopic (exact) mass is 398 g/mol. The predicted molar refractivity (Wildman–Crippen MR) is 82.0 cm³/mol. The normalized spacial score (nSPS) is 35.8. The number of aromatic nitrogens is 1. The van der Waals surface area contributed by atoms with Crippen LogP contribution in [-0.4, -0.2) is 40.5 Å². The number of alkyl halides is 1. The van der Waals surface area contributed by atoms with Crippen LogP contribution in [0.3, 0.4) is 0 Å². The minimum atomic E-state index is -0.548. The van der Waals surface area contributed by atoms with E-state index in [1.165, 1.54) is 0 Å². The minimum Gasteiger partial charge on any atom is -0.461 e. The van der Waals surface area contributed by atoms with Crippen LogP contribution in [0.4, 0.5) is 5.82 Å².